The molecule has 0 aliphatic carbocycles. The summed E-state index contributed by atoms with van der Waals surface area (Å²) in [6, 6.07) is 7.96. The molecule has 0 spiro atoms. The van der Waals surface area contributed by atoms with Gasteiger partial charge in [-0.25, -0.2) is 4.79 Å². The van der Waals surface area contributed by atoms with Gasteiger partial charge in [0, 0.05) is 17.3 Å². The van der Waals surface area contributed by atoms with Crippen LogP contribution >= 0.6 is 0 Å². The molecular formula is C14H14N2O5. The molecule has 0 radical (unpaired) electrons. The minimum absolute atomic E-state index is 0.0506. The Hall–Kier alpha value is -2.83. The highest BCUT2D eigenvalue weighted by molar-refractivity contribution is 5.86. The molecule has 0 saturated heterocycles. The summed E-state index contributed by atoms with van der Waals surface area (Å²) in [6.45, 7) is 1.97. The van der Waals surface area contributed by atoms with E-state index in [-0.39, 0.29) is 11.4 Å². The number of esters is 1. The van der Waals surface area contributed by atoms with Gasteiger partial charge in [0.15, 0.2) is 0 Å². The number of nitrogens with zero attached hydrogens (tertiary/aromatic N) is 1. The van der Waals surface area contributed by atoms with Gasteiger partial charge in [-0.2, -0.15) is 0 Å². The fourth-order valence-electron chi connectivity index (χ4n) is 1.88. The number of nitro groups is 1. The van der Waals surface area contributed by atoms with E-state index >= 15 is 0 Å². The number of furan rings is 1. The van der Waals surface area contributed by atoms with E-state index in [9.17, 15) is 14.9 Å². The van der Waals surface area contributed by atoms with Crippen molar-refractivity contribution in [3.8, 4) is 0 Å². The summed E-state index contributed by atoms with van der Waals surface area (Å²) in [5.74, 6) is 0.0964. The van der Waals surface area contributed by atoms with E-state index in [1.54, 1.807) is 25.1 Å². The number of nitro benzene ring substituents is 1. The number of anilines is 1. The van der Waals surface area contributed by atoms with Crippen molar-refractivity contribution in [1.29, 1.82) is 0 Å². The lowest BCUT2D eigenvalue weighted by molar-refractivity contribution is -0.385. The first-order valence-electron chi connectivity index (χ1n) is 6.18. The number of rotatable bonds is 5. The minimum Gasteiger partial charge on any atom is -0.463 e. The van der Waals surface area contributed by atoms with Crippen LogP contribution in [0.5, 0.6) is 0 Å². The Balaban J connectivity index is 2.10. The smallest absolute Gasteiger partial charge is 0.373 e. The van der Waals surface area contributed by atoms with Gasteiger partial charge in [0.2, 0.25) is 5.76 Å². The minimum atomic E-state index is -0.548. The Labute approximate surface area is 120 Å². The summed E-state index contributed by atoms with van der Waals surface area (Å²) in [5.41, 5.74) is 1.23. The molecule has 0 saturated carbocycles. The second-order valence-corrected chi connectivity index (χ2v) is 4.32. The SMILES string of the molecule is COC(=O)c1ccc(CNc2cccc([N+](=O)[O-])c2C)o1. The number of carbonyl (C=O) groups excluding carboxylic acids is 1. The van der Waals surface area contributed by atoms with Gasteiger partial charge in [0.1, 0.15) is 5.76 Å². The molecule has 1 aromatic heterocycles. The predicted molar refractivity (Wildman–Crippen MR) is 75.2 cm³/mol. The molecule has 1 heterocycles. The van der Waals surface area contributed by atoms with Crippen molar-refractivity contribution < 1.29 is 18.9 Å². The first kappa shape index (κ1) is 14.6. The number of ether oxygens (including phenoxy) is 1. The topological polar surface area (TPSA) is 94.6 Å². The van der Waals surface area contributed by atoms with Crippen LogP contribution in [0.2, 0.25) is 0 Å². The number of benzene rings is 1. The molecule has 110 valence electrons. The van der Waals surface area contributed by atoms with Gasteiger partial charge in [0.05, 0.1) is 18.6 Å². The molecule has 0 fully saturated rings. The summed E-state index contributed by atoms with van der Waals surface area (Å²) in [6.07, 6.45) is 0. The third-order valence-corrected chi connectivity index (χ3v) is 3.00. The zero-order chi connectivity index (χ0) is 15.4. The lowest BCUT2D eigenvalue weighted by Crippen LogP contribution is -2.02. The molecule has 7 heteroatoms. The Morgan fingerprint density at radius 3 is 2.81 bits per heavy atom. The Morgan fingerprint density at radius 1 is 1.38 bits per heavy atom. The van der Waals surface area contributed by atoms with Crippen LogP contribution in [-0.4, -0.2) is 18.0 Å². The first-order valence-corrected chi connectivity index (χ1v) is 6.18. The standard InChI is InChI=1S/C14H14N2O5/c1-9-11(4-3-5-12(9)16(18)19)15-8-10-6-7-13(21-10)14(17)20-2/h3-7,15H,8H2,1-2H3. The molecule has 0 aliphatic heterocycles. The van der Waals surface area contributed by atoms with Gasteiger partial charge in [0.25, 0.3) is 5.69 Å². The fourth-order valence-corrected chi connectivity index (χ4v) is 1.88. The number of hydrogen-bond acceptors (Lipinski definition) is 6. The highest BCUT2D eigenvalue weighted by atomic mass is 16.6. The van der Waals surface area contributed by atoms with Crippen LogP contribution in [-0.2, 0) is 11.3 Å². The average molecular weight is 290 g/mol. The van der Waals surface area contributed by atoms with Crippen LogP contribution in [0, 0.1) is 17.0 Å². The summed E-state index contributed by atoms with van der Waals surface area (Å²) < 4.78 is 9.85. The van der Waals surface area contributed by atoms with Gasteiger partial charge in [-0.05, 0) is 25.1 Å². The van der Waals surface area contributed by atoms with Gasteiger partial charge in [-0.3, -0.25) is 10.1 Å². The number of methoxy groups -OCH3 is 1. The maximum Gasteiger partial charge on any atom is 0.373 e. The first-order chi connectivity index (χ1) is 10.0. The second kappa shape index (κ2) is 6.08. The number of hydrogen-bond donors (Lipinski definition) is 1. The third kappa shape index (κ3) is 3.19. The number of nitrogens with one attached hydrogen (secondary N) is 1. The van der Waals surface area contributed by atoms with Gasteiger partial charge >= 0.3 is 5.97 Å². The van der Waals surface area contributed by atoms with E-state index in [0.717, 1.165) is 0 Å². The van der Waals surface area contributed by atoms with Crippen molar-refractivity contribution in [3.05, 3.63) is 57.5 Å². The van der Waals surface area contributed by atoms with Crippen LogP contribution in [0.25, 0.3) is 0 Å². The molecule has 2 aromatic rings. The van der Waals surface area contributed by atoms with Crippen molar-refractivity contribution in [2.24, 2.45) is 0 Å². The Kier molecular flexibility index (Phi) is 4.22. The molecule has 21 heavy (non-hydrogen) atoms. The highest BCUT2D eigenvalue weighted by Crippen LogP contribution is 2.25. The lowest BCUT2D eigenvalue weighted by Gasteiger charge is -2.08. The predicted octanol–water partition coefficient (Wildman–Crippen LogP) is 2.89. The van der Waals surface area contributed by atoms with Crippen molar-refractivity contribution in [2.45, 2.75) is 13.5 Å². The van der Waals surface area contributed by atoms with E-state index in [0.29, 0.717) is 23.6 Å². The third-order valence-electron chi connectivity index (χ3n) is 3.00. The maximum absolute atomic E-state index is 11.3. The van der Waals surface area contributed by atoms with Crippen molar-refractivity contribution in [3.63, 3.8) is 0 Å². The monoisotopic (exact) mass is 290 g/mol. The van der Waals surface area contributed by atoms with Crippen LogP contribution in [0.15, 0.2) is 34.7 Å². The molecule has 0 unspecified atom stereocenters. The van der Waals surface area contributed by atoms with E-state index in [1.807, 2.05) is 0 Å². The summed E-state index contributed by atoms with van der Waals surface area (Å²) in [4.78, 5) is 21.7. The van der Waals surface area contributed by atoms with Crippen LogP contribution < -0.4 is 5.32 Å². The largest absolute Gasteiger partial charge is 0.463 e. The van der Waals surface area contributed by atoms with Crippen LogP contribution in [0.4, 0.5) is 11.4 Å². The quantitative estimate of drug-likeness (QED) is 0.517. The highest BCUT2D eigenvalue weighted by Gasteiger charge is 2.14. The molecular weight excluding hydrogens is 276 g/mol. The van der Waals surface area contributed by atoms with E-state index < -0.39 is 10.9 Å². The maximum atomic E-state index is 11.3. The zero-order valence-corrected chi connectivity index (χ0v) is 11.6. The van der Waals surface area contributed by atoms with Gasteiger partial charge in [-0.1, -0.05) is 6.07 Å². The normalized spacial score (nSPS) is 10.2. The Morgan fingerprint density at radius 2 is 2.14 bits per heavy atom. The van der Waals surface area contributed by atoms with Gasteiger partial charge in [-0.15, -0.1) is 0 Å². The number of carbonyl (C=O) groups is 1. The summed E-state index contributed by atoms with van der Waals surface area (Å²) in [7, 11) is 1.27. The molecule has 0 aliphatic rings. The molecule has 7 nitrogen and oxygen atoms in total. The van der Waals surface area contributed by atoms with Crippen molar-refractivity contribution in [2.75, 3.05) is 12.4 Å². The van der Waals surface area contributed by atoms with Crippen molar-refractivity contribution in [1.82, 2.24) is 0 Å². The van der Waals surface area contributed by atoms with Crippen LogP contribution in [0.1, 0.15) is 21.9 Å². The summed E-state index contributed by atoms with van der Waals surface area (Å²) in [5, 5.41) is 13.9. The molecule has 2 rings (SSSR count). The molecule has 1 N–H and O–H groups in total. The van der Waals surface area contributed by atoms with E-state index in [2.05, 4.69) is 10.1 Å². The molecule has 0 atom stereocenters. The second-order valence-electron chi connectivity index (χ2n) is 4.32. The van der Waals surface area contributed by atoms with E-state index in [4.69, 9.17) is 4.42 Å². The van der Waals surface area contributed by atoms with Crippen LogP contribution in [0.3, 0.4) is 0 Å². The van der Waals surface area contributed by atoms with E-state index in [1.165, 1.54) is 19.2 Å². The van der Waals surface area contributed by atoms with Gasteiger partial charge < -0.3 is 14.5 Å². The zero-order valence-electron chi connectivity index (χ0n) is 11.6. The molecule has 0 bridgehead atoms. The fraction of sp³-hybridized carbons (Fsp3) is 0.214. The molecule has 0 amide bonds. The molecule has 1 aromatic carbocycles. The average Bonchev–Trinajstić information content (AvgIpc) is 2.94. The lowest BCUT2D eigenvalue weighted by atomic mass is 10.1. The Bertz CT molecular complexity index is 678. The summed E-state index contributed by atoms with van der Waals surface area (Å²) >= 11 is 0. The van der Waals surface area contributed by atoms with Crippen molar-refractivity contribution >= 4 is 17.3 Å².